The molecule has 3 nitrogen and oxygen atoms in total. The predicted molar refractivity (Wildman–Crippen MR) is 67.3 cm³/mol. The van der Waals surface area contributed by atoms with Crippen molar-refractivity contribution in [2.75, 3.05) is 13.1 Å². The molecule has 0 aliphatic carbocycles. The maximum atomic E-state index is 12.2. The van der Waals surface area contributed by atoms with E-state index in [2.05, 4.69) is 4.98 Å². The van der Waals surface area contributed by atoms with Crippen LogP contribution in [0.1, 0.15) is 16.8 Å². The standard InChI is InChI=1S/C13H11ClN2O/c14-12-6-5-9-10(3-1-4-11(9)15-12)13(17)16-7-2-8-16/h1,3-6H,2,7-8H2. The molecular formula is C13H11ClN2O. The van der Waals surface area contributed by atoms with Crippen molar-refractivity contribution in [3.63, 3.8) is 0 Å². The highest BCUT2D eigenvalue weighted by Crippen LogP contribution is 2.22. The van der Waals surface area contributed by atoms with Crippen LogP contribution in [0.3, 0.4) is 0 Å². The lowest BCUT2D eigenvalue weighted by Crippen LogP contribution is -2.42. The summed E-state index contributed by atoms with van der Waals surface area (Å²) >= 11 is 5.85. The van der Waals surface area contributed by atoms with E-state index in [1.54, 1.807) is 6.07 Å². The molecule has 1 saturated heterocycles. The third-order valence-electron chi connectivity index (χ3n) is 3.07. The summed E-state index contributed by atoms with van der Waals surface area (Å²) in [6.45, 7) is 1.71. The zero-order valence-corrected chi connectivity index (χ0v) is 9.94. The number of hydrogen-bond acceptors (Lipinski definition) is 2. The Morgan fingerprint density at radius 1 is 1.24 bits per heavy atom. The average Bonchev–Trinajstić information content (AvgIpc) is 2.25. The van der Waals surface area contributed by atoms with Gasteiger partial charge >= 0.3 is 0 Å². The number of nitrogens with zero attached hydrogens (tertiary/aromatic N) is 2. The topological polar surface area (TPSA) is 33.2 Å². The van der Waals surface area contributed by atoms with Gasteiger partial charge in [0.05, 0.1) is 5.52 Å². The van der Waals surface area contributed by atoms with E-state index in [0.717, 1.165) is 30.4 Å². The lowest BCUT2D eigenvalue weighted by atomic mass is 10.1. The smallest absolute Gasteiger partial charge is 0.254 e. The summed E-state index contributed by atoms with van der Waals surface area (Å²) in [5.41, 5.74) is 1.48. The van der Waals surface area contributed by atoms with Crippen LogP contribution in [-0.2, 0) is 0 Å². The lowest BCUT2D eigenvalue weighted by Gasteiger charge is -2.31. The molecule has 0 atom stereocenters. The van der Waals surface area contributed by atoms with Crippen molar-refractivity contribution >= 4 is 28.4 Å². The molecule has 0 spiro atoms. The summed E-state index contributed by atoms with van der Waals surface area (Å²) in [4.78, 5) is 18.3. The largest absolute Gasteiger partial charge is 0.338 e. The van der Waals surface area contributed by atoms with Crippen molar-refractivity contribution in [3.05, 3.63) is 41.0 Å². The Bertz CT molecular complexity index is 593. The number of carbonyl (C=O) groups is 1. The number of hydrogen-bond donors (Lipinski definition) is 0. The SMILES string of the molecule is O=C(c1cccc2nc(Cl)ccc12)N1CCC1. The lowest BCUT2D eigenvalue weighted by molar-refractivity contribution is 0.0654. The van der Waals surface area contributed by atoms with Crippen LogP contribution in [0.5, 0.6) is 0 Å². The minimum Gasteiger partial charge on any atom is -0.338 e. The first-order valence-corrected chi connectivity index (χ1v) is 5.98. The van der Waals surface area contributed by atoms with E-state index in [0.29, 0.717) is 10.7 Å². The maximum absolute atomic E-state index is 12.2. The van der Waals surface area contributed by atoms with Crippen LogP contribution in [0.2, 0.25) is 5.15 Å². The van der Waals surface area contributed by atoms with Crippen molar-refractivity contribution < 1.29 is 4.79 Å². The third kappa shape index (κ3) is 1.76. The van der Waals surface area contributed by atoms with Crippen molar-refractivity contribution in [1.29, 1.82) is 0 Å². The van der Waals surface area contributed by atoms with Gasteiger partial charge in [-0.3, -0.25) is 4.79 Å². The minimum atomic E-state index is 0.0889. The monoisotopic (exact) mass is 246 g/mol. The average molecular weight is 247 g/mol. The fraction of sp³-hybridized carbons (Fsp3) is 0.231. The molecule has 1 aliphatic heterocycles. The molecule has 1 aromatic carbocycles. The highest BCUT2D eigenvalue weighted by molar-refractivity contribution is 6.29. The second-order valence-electron chi connectivity index (χ2n) is 4.15. The van der Waals surface area contributed by atoms with E-state index in [4.69, 9.17) is 11.6 Å². The Morgan fingerprint density at radius 2 is 2.06 bits per heavy atom. The molecule has 0 radical (unpaired) electrons. The van der Waals surface area contributed by atoms with Crippen molar-refractivity contribution in [3.8, 4) is 0 Å². The highest BCUT2D eigenvalue weighted by Gasteiger charge is 2.22. The van der Waals surface area contributed by atoms with Crippen LogP contribution in [0.4, 0.5) is 0 Å². The van der Waals surface area contributed by atoms with E-state index in [-0.39, 0.29) is 5.91 Å². The van der Waals surface area contributed by atoms with Crippen LogP contribution in [-0.4, -0.2) is 28.9 Å². The molecule has 1 amide bonds. The van der Waals surface area contributed by atoms with E-state index < -0.39 is 0 Å². The first-order valence-electron chi connectivity index (χ1n) is 5.60. The Morgan fingerprint density at radius 3 is 2.76 bits per heavy atom. The summed E-state index contributed by atoms with van der Waals surface area (Å²) in [5.74, 6) is 0.0889. The Labute approximate surface area is 104 Å². The van der Waals surface area contributed by atoms with Crippen LogP contribution in [0.15, 0.2) is 30.3 Å². The third-order valence-corrected chi connectivity index (χ3v) is 3.28. The molecule has 0 saturated carbocycles. The number of fused-ring (bicyclic) bond motifs is 1. The van der Waals surface area contributed by atoms with E-state index in [1.807, 2.05) is 29.2 Å². The van der Waals surface area contributed by atoms with E-state index in [1.165, 1.54) is 0 Å². The van der Waals surface area contributed by atoms with E-state index >= 15 is 0 Å². The van der Waals surface area contributed by atoms with Gasteiger partial charge < -0.3 is 4.90 Å². The molecule has 17 heavy (non-hydrogen) atoms. The molecule has 2 aromatic rings. The van der Waals surface area contributed by atoms with Gasteiger partial charge in [-0.25, -0.2) is 4.98 Å². The fourth-order valence-corrected chi connectivity index (χ4v) is 2.16. The molecule has 1 aromatic heterocycles. The number of benzene rings is 1. The van der Waals surface area contributed by atoms with Gasteiger partial charge in [0.2, 0.25) is 0 Å². The quantitative estimate of drug-likeness (QED) is 0.725. The molecule has 86 valence electrons. The first kappa shape index (κ1) is 10.5. The van der Waals surface area contributed by atoms with Gasteiger partial charge in [-0.15, -0.1) is 0 Å². The molecule has 2 heterocycles. The highest BCUT2D eigenvalue weighted by atomic mass is 35.5. The van der Waals surface area contributed by atoms with E-state index in [9.17, 15) is 4.79 Å². The minimum absolute atomic E-state index is 0.0889. The van der Waals surface area contributed by atoms with Crippen LogP contribution in [0.25, 0.3) is 10.9 Å². The molecule has 1 aliphatic rings. The predicted octanol–water partition coefficient (Wildman–Crippen LogP) is 2.73. The van der Waals surface area contributed by atoms with Crippen molar-refractivity contribution in [1.82, 2.24) is 9.88 Å². The van der Waals surface area contributed by atoms with Gasteiger partial charge in [0.15, 0.2) is 0 Å². The number of amides is 1. The fourth-order valence-electron chi connectivity index (χ4n) is 2.01. The molecule has 1 fully saturated rings. The summed E-state index contributed by atoms with van der Waals surface area (Å²) in [5, 5.41) is 1.32. The number of rotatable bonds is 1. The van der Waals surface area contributed by atoms with Gasteiger partial charge in [-0.2, -0.15) is 0 Å². The van der Waals surface area contributed by atoms with Crippen molar-refractivity contribution in [2.45, 2.75) is 6.42 Å². The van der Waals surface area contributed by atoms with Gasteiger partial charge in [-0.05, 0) is 30.7 Å². The number of carbonyl (C=O) groups excluding carboxylic acids is 1. The number of halogens is 1. The second kappa shape index (κ2) is 4.00. The van der Waals surface area contributed by atoms with Gasteiger partial charge in [0.1, 0.15) is 5.15 Å². The molecule has 3 rings (SSSR count). The van der Waals surface area contributed by atoms with Crippen LogP contribution in [0, 0.1) is 0 Å². The maximum Gasteiger partial charge on any atom is 0.254 e. The zero-order chi connectivity index (χ0) is 11.8. The molecule has 0 bridgehead atoms. The molecule has 0 unspecified atom stereocenters. The molecular weight excluding hydrogens is 236 g/mol. The van der Waals surface area contributed by atoms with Crippen LogP contribution < -0.4 is 0 Å². The molecule has 4 heteroatoms. The first-order chi connectivity index (χ1) is 8.25. The summed E-state index contributed by atoms with van der Waals surface area (Å²) in [6, 6.07) is 9.14. The number of aromatic nitrogens is 1. The number of likely N-dealkylation sites (tertiary alicyclic amines) is 1. The van der Waals surface area contributed by atoms with Gasteiger partial charge in [0.25, 0.3) is 5.91 Å². The molecule has 0 N–H and O–H groups in total. The summed E-state index contributed by atoms with van der Waals surface area (Å²) in [7, 11) is 0. The Kier molecular flexibility index (Phi) is 2.48. The zero-order valence-electron chi connectivity index (χ0n) is 9.19. The second-order valence-corrected chi connectivity index (χ2v) is 4.54. The van der Waals surface area contributed by atoms with Gasteiger partial charge in [0, 0.05) is 24.0 Å². The van der Waals surface area contributed by atoms with Crippen LogP contribution >= 0.6 is 11.6 Å². The summed E-state index contributed by atoms with van der Waals surface area (Å²) in [6.07, 6.45) is 1.10. The van der Waals surface area contributed by atoms with Crippen molar-refractivity contribution in [2.24, 2.45) is 0 Å². The Balaban J connectivity index is 2.12. The summed E-state index contributed by atoms with van der Waals surface area (Å²) < 4.78 is 0. The Hall–Kier alpha value is -1.61. The number of pyridine rings is 1. The van der Waals surface area contributed by atoms with Gasteiger partial charge in [-0.1, -0.05) is 17.7 Å². The normalized spacial score (nSPS) is 14.8.